The Morgan fingerprint density at radius 1 is 1.14 bits per heavy atom. The number of likely N-dealkylation sites (tertiary alicyclic amines) is 1. The number of aryl methyl sites for hydroxylation is 1. The van der Waals surface area contributed by atoms with Crippen LogP contribution < -0.4 is 11.5 Å². The zero-order valence-corrected chi connectivity index (χ0v) is 12.2. The Balaban J connectivity index is 2.00. The van der Waals surface area contributed by atoms with Crippen LogP contribution in [0.3, 0.4) is 0 Å². The maximum Gasteiger partial charge on any atom is 0.231 e. The highest BCUT2D eigenvalue weighted by Crippen LogP contribution is 2.30. The van der Waals surface area contributed by atoms with Gasteiger partial charge in [-0.05, 0) is 37.3 Å². The number of hydrogen-bond acceptors (Lipinski definition) is 3. The quantitative estimate of drug-likeness (QED) is 0.773. The van der Waals surface area contributed by atoms with Crippen molar-refractivity contribution in [3.05, 3.63) is 35.9 Å². The Hall–Kier alpha value is -1.88. The molecule has 2 atom stereocenters. The summed E-state index contributed by atoms with van der Waals surface area (Å²) in [6.45, 7) is 1.06. The van der Waals surface area contributed by atoms with Crippen LogP contribution in [0.1, 0.15) is 24.8 Å². The Morgan fingerprint density at radius 2 is 1.86 bits per heavy atom. The molecule has 0 radical (unpaired) electrons. The van der Waals surface area contributed by atoms with Gasteiger partial charge in [-0.2, -0.15) is 0 Å². The zero-order chi connectivity index (χ0) is 15.2. The predicted octanol–water partition coefficient (Wildman–Crippen LogP) is 0.670. The third-order valence-electron chi connectivity index (χ3n) is 4.19. The summed E-state index contributed by atoms with van der Waals surface area (Å²) in [5.41, 5.74) is 11.9. The lowest BCUT2D eigenvalue weighted by molar-refractivity contribution is -0.119. The molecule has 21 heavy (non-hydrogen) atoms. The molecule has 5 heteroatoms. The molecule has 0 aliphatic carbocycles. The first-order valence-corrected chi connectivity index (χ1v) is 7.41. The van der Waals surface area contributed by atoms with Crippen LogP contribution in [0, 0.1) is 5.92 Å². The molecule has 0 bridgehead atoms. The molecule has 1 aliphatic rings. The number of carbonyl (C=O) groups is 2. The number of amides is 2. The van der Waals surface area contributed by atoms with Crippen LogP contribution in [0.5, 0.6) is 0 Å². The lowest BCUT2D eigenvalue weighted by Gasteiger charge is -2.27. The van der Waals surface area contributed by atoms with E-state index in [1.54, 1.807) is 0 Å². The smallest absolute Gasteiger partial charge is 0.231 e. The molecule has 2 unspecified atom stereocenters. The van der Waals surface area contributed by atoms with Crippen LogP contribution in [0.15, 0.2) is 30.3 Å². The van der Waals surface area contributed by atoms with Crippen molar-refractivity contribution in [1.82, 2.24) is 4.90 Å². The normalized spacial score (nSPS) is 22.3. The van der Waals surface area contributed by atoms with Gasteiger partial charge in [-0.3, -0.25) is 14.5 Å². The van der Waals surface area contributed by atoms with E-state index >= 15 is 0 Å². The van der Waals surface area contributed by atoms with Crippen molar-refractivity contribution in [2.45, 2.75) is 31.7 Å². The summed E-state index contributed by atoms with van der Waals surface area (Å²) in [6, 6.07) is 10.4. The lowest BCUT2D eigenvalue weighted by atomic mass is 9.91. The van der Waals surface area contributed by atoms with Crippen LogP contribution in [0.2, 0.25) is 0 Å². The van der Waals surface area contributed by atoms with Crippen molar-refractivity contribution in [2.75, 3.05) is 13.1 Å². The van der Waals surface area contributed by atoms with Crippen LogP contribution in [0.25, 0.3) is 0 Å². The molecule has 2 rings (SSSR count). The first-order valence-electron chi connectivity index (χ1n) is 7.41. The van der Waals surface area contributed by atoms with E-state index in [1.807, 2.05) is 18.2 Å². The molecular weight excluding hydrogens is 266 g/mol. The molecule has 1 heterocycles. The highest BCUT2D eigenvalue weighted by atomic mass is 16.1. The van der Waals surface area contributed by atoms with Gasteiger partial charge < -0.3 is 11.5 Å². The SMILES string of the molecule is NC(=O)CC1CCN(CC(N)=O)C1CCc1ccccc1. The monoisotopic (exact) mass is 289 g/mol. The zero-order valence-electron chi connectivity index (χ0n) is 12.2. The number of benzene rings is 1. The molecule has 1 aromatic carbocycles. The minimum atomic E-state index is -0.320. The van der Waals surface area contributed by atoms with Gasteiger partial charge in [0.2, 0.25) is 11.8 Å². The fourth-order valence-electron chi connectivity index (χ4n) is 3.26. The average molecular weight is 289 g/mol. The Morgan fingerprint density at radius 3 is 2.48 bits per heavy atom. The van der Waals surface area contributed by atoms with E-state index in [-0.39, 0.29) is 30.3 Å². The van der Waals surface area contributed by atoms with E-state index < -0.39 is 0 Å². The molecule has 1 aliphatic heterocycles. The Kier molecular flexibility index (Phi) is 5.33. The van der Waals surface area contributed by atoms with Gasteiger partial charge in [0.1, 0.15) is 0 Å². The van der Waals surface area contributed by atoms with E-state index in [9.17, 15) is 9.59 Å². The molecule has 1 fully saturated rings. The number of carbonyl (C=O) groups excluding carboxylic acids is 2. The van der Waals surface area contributed by atoms with Crippen molar-refractivity contribution in [2.24, 2.45) is 17.4 Å². The Labute approximate surface area is 125 Å². The van der Waals surface area contributed by atoms with Crippen molar-refractivity contribution >= 4 is 11.8 Å². The van der Waals surface area contributed by atoms with Gasteiger partial charge in [-0.15, -0.1) is 0 Å². The molecule has 0 spiro atoms. The topological polar surface area (TPSA) is 89.4 Å². The minimum Gasteiger partial charge on any atom is -0.370 e. The van der Waals surface area contributed by atoms with Gasteiger partial charge in [0, 0.05) is 12.5 Å². The predicted molar refractivity (Wildman–Crippen MR) is 81.2 cm³/mol. The first kappa shape index (κ1) is 15.5. The molecule has 0 saturated carbocycles. The largest absolute Gasteiger partial charge is 0.370 e. The van der Waals surface area contributed by atoms with Crippen molar-refractivity contribution in [3.63, 3.8) is 0 Å². The first-order chi connectivity index (χ1) is 10.1. The fourth-order valence-corrected chi connectivity index (χ4v) is 3.26. The second-order valence-corrected chi connectivity index (χ2v) is 5.75. The van der Waals surface area contributed by atoms with Crippen LogP contribution in [-0.2, 0) is 16.0 Å². The third kappa shape index (κ3) is 4.56. The standard InChI is InChI=1S/C16H23N3O2/c17-15(20)10-13-8-9-19(11-16(18)21)14(13)7-6-12-4-2-1-3-5-12/h1-5,13-14H,6-11H2,(H2,17,20)(H2,18,21). The maximum atomic E-state index is 11.2. The van der Waals surface area contributed by atoms with E-state index in [0.29, 0.717) is 6.42 Å². The number of nitrogens with two attached hydrogens (primary N) is 2. The molecule has 2 amide bonds. The number of rotatable bonds is 7. The van der Waals surface area contributed by atoms with Crippen LogP contribution in [-0.4, -0.2) is 35.8 Å². The molecule has 114 valence electrons. The van der Waals surface area contributed by atoms with E-state index in [1.165, 1.54) is 5.56 Å². The molecule has 4 N–H and O–H groups in total. The number of primary amides is 2. The van der Waals surface area contributed by atoms with Crippen molar-refractivity contribution in [1.29, 1.82) is 0 Å². The summed E-state index contributed by atoms with van der Waals surface area (Å²) in [6.07, 6.45) is 3.12. The fraction of sp³-hybridized carbons (Fsp3) is 0.500. The summed E-state index contributed by atoms with van der Waals surface area (Å²) in [5, 5.41) is 0. The van der Waals surface area contributed by atoms with E-state index in [0.717, 1.165) is 25.8 Å². The van der Waals surface area contributed by atoms with Gasteiger partial charge in [-0.25, -0.2) is 0 Å². The Bertz CT molecular complexity index is 466. The lowest BCUT2D eigenvalue weighted by Crippen LogP contribution is -2.40. The highest BCUT2D eigenvalue weighted by molar-refractivity contribution is 5.76. The van der Waals surface area contributed by atoms with Crippen molar-refractivity contribution in [3.8, 4) is 0 Å². The highest BCUT2D eigenvalue weighted by Gasteiger charge is 2.34. The minimum absolute atomic E-state index is 0.199. The van der Waals surface area contributed by atoms with Crippen LogP contribution >= 0.6 is 0 Å². The summed E-state index contributed by atoms with van der Waals surface area (Å²) in [5.74, 6) is -0.365. The van der Waals surface area contributed by atoms with Gasteiger partial charge in [-0.1, -0.05) is 30.3 Å². The number of hydrogen-bond donors (Lipinski definition) is 2. The maximum absolute atomic E-state index is 11.2. The average Bonchev–Trinajstić information content (AvgIpc) is 2.78. The summed E-state index contributed by atoms with van der Waals surface area (Å²) in [4.78, 5) is 24.5. The molecular formula is C16H23N3O2. The van der Waals surface area contributed by atoms with E-state index in [4.69, 9.17) is 11.5 Å². The summed E-state index contributed by atoms with van der Waals surface area (Å²) in [7, 11) is 0. The molecule has 1 aromatic rings. The number of nitrogens with zero attached hydrogens (tertiary/aromatic N) is 1. The molecule has 5 nitrogen and oxygen atoms in total. The second kappa shape index (κ2) is 7.22. The summed E-state index contributed by atoms with van der Waals surface area (Å²) >= 11 is 0. The second-order valence-electron chi connectivity index (χ2n) is 5.75. The third-order valence-corrected chi connectivity index (χ3v) is 4.19. The van der Waals surface area contributed by atoms with Gasteiger partial charge in [0.15, 0.2) is 0 Å². The molecule has 1 saturated heterocycles. The van der Waals surface area contributed by atoms with Crippen LogP contribution in [0.4, 0.5) is 0 Å². The van der Waals surface area contributed by atoms with Gasteiger partial charge in [0.05, 0.1) is 6.54 Å². The summed E-state index contributed by atoms with van der Waals surface area (Å²) < 4.78 is 0. The van der Waals surface area contributed by atoms with Gasteiger partial charge >= 0.3 is 0 Å². The van der Waals surface area contributed by atoms with E-state index in [2.05, 4.69) is 17.0 Å². The molecule has 0 aromatic heterocycles. The van der Waals surface area contributed by atoms with Crippen molar-refractivity contribution < 1.29 is 9.59 Å². The van der Waals surface area contributed by atoms with Gasteiger partial charge in [0.25, 0.3) is 0 Å².